The average Bonchev–Trinajstić information content (AvgIpc) is 3.00. The third-order valence-corrected chi connectivity index (χ3v) is 7.51. The van der Waals surface area contributed by atoms with Gasteiger partial charge in [-0.25, -0.2) is 14.0 Å². The van der Waals surface area contributed by atoms with Crippen LogP contribution in [0.2, 0.25) is 0 Å². The largest absolute Gasteiger partial charge is 0.457 e. The lowest BCUT2D eigenvalue weighted by atomic mass is 9.77. The number of halogens is 1. The van der Waals surface area contributed by atoms with Crippen molar-refractivity contribution in [2.45, 2.75) is 64.2 Å². The molecule has 0 amide bonds. The highest BCUT2D eigenvalue weighted by atomic mass is 19.1. The highest BCUT2D eigenvalue weighted by Crippen LogP contribution is 2.39. The summed E-state index contributed by atoms with van der Waals surface area (Å²) in [5.74, 6) is -0.550. The summed E-state index contributed by atoms with van der Waals surface area (Å²) in [4.78, 5) is 23.6. The normalized spacial score (nSPS) is 16.4. The van der Waals surface area contributed by atoms with Crippen LogP contribution >= 0.6 is 0 Å². The lowest BCUT2D eigenvalue weighted by molar-refractivity contribution is -0.146. The summed E-state index contributed by atoms with van der Waals surface area (Å²) in [6, 6.07) is 9.88. The van der Waals surface area contributed by atoms with E-state index in [1.54, 1.807) is 24.3 Å². The van der Waals surface area contributed by atoms with Crippen molar-refractivity contribution < 1.29 is 43.1 Å². The van der Waals surface area contributed by atoms with E-state index < -0.39 is 44.6 Å². The van der Waals surface area contributed by atoms with Gasteiger partial charge in [0, 0.05) is 11.6 Å². The number of hydrogen-bond donors (Lipinski definition) is 2. The van der Waals surface area contributed by atoms with E-state index in [0.29, 0.717) is 17.0 Å². The van der Waals surface area contributed by atoms with E-state index in [0.717, 1.165) is 24.3 Å². The van der Waals surface area contributed by atoms with Crippen LogP contribution in [-0.4, -0.2) is 49.0 Å². The number of aliphatic hydroxyl groups is 2. The van der Waals surface area contributed by atoms with Gasteiger partial charge in [0.15, 0.2) is 0 Å². The van der Waals surface area contributed by atoms with E-state index >= 15 is 4.39 Å². The predicted octanol–water partition coefficient (Wildman–Crippen LogP) is 6.20. The molecule has 0 saturated heterocycles. The summed E-state index contributed by atoms with van der Waals surface area (Å²) >= 11 is 0. The fraction of sp³-hybridized carbons (Fsp3) is 0.455. The Bertz CT molecular complexity index is 1180. The van der Waals surface area contributed by atoms with Crippen LogP contribution in [0.1, 0.15) is 69.8 Å². The molecule has 2 N–H and O–H groups in total. The standard InChI is InChI=1S/C33H41FO8/c1-4-5-6-7-24-8-10-25(11-9-24)26-12-13-30(31(34)16-26)27-14-28(39-20-41-32(37)22(2)18-35)17-29(15-27)40-21-42-33(38)23(3)19-36/h12-17,24-25,35-36H,2-11,18-21H2,1H3. The van der Waals surface area contributed by atoms with Gasteiger partial charge in [-0.2, -0.15) is 0 Å². The smallest absolute Gasteiger partial charge is 0.338 e. The molecule has 1 fully saturated rings. The van der Waals surface area contributed by atoms with E-state index in [1.165, 1.54) is 44.6 Å². The fourth-order valence-electron chi connectivity index (χ4n) is 5.02. The van der Waals surface area contributed by atoms with Gasteiger partial charge in [0.25, 0.3) is 0 Å². The van der Waals surface area contributed by atoms with Crippen LogP contribution in [0.25, 0.3) is 11.1 Å². The van der Waals surface area contributed by atoms with Gasteiger partial charge in [0.2, 0.25) is 13.6 Å². The van der Waals surface area contributed by atoms with Crippen molar-refractivity contribution in [2.24, 2.45) is 5.92 Å². The minimum absolute atomic E-state index is 0.130. The molecular weight excluding hydrogens is 543 g/mol. The van der Waals surface area contributed by atoms with E-state index in [9.17, 15) is 9.59 Å². The van der Waals surface area contributed by atoms with Crippen molar-refractivity contribution in [1.29, 1.82) is 0 Å². The van der Waals surface area contributed by atoms with Gasteiger partial charge in [-0.1, -0.05) is 57.9 Å². The van der Waals surface area contributed by atoms with Crippen molar-refractivity contribution >= 4 is 11.9 Å². The van der Waals surface area contributed by atoms with Crippen LogP contribution in [-0.2, 0) is 19.1 Å². The molecule has 1 saturated carbocycles. The molecule has 1 aliphatic carbocycles. The average molecular weight is 585 g/mol. The maximum Gasteiger partial charge on any atom is 0.338 e. The molecule has 8 nitrogen and oxygen atoms in total. The maximum atomic E-state index is 15.5. The molecule has 0 heterocycles. The molecule has 0 radical (unpaired) electrons. The summed E-state index contributed by atoms with van der Waals surface area (Å²) in [6.45, 7) is 6.93. The van der Waals surface area contributed by atoms with Crippen molar-refractivity contribution in [1.82, 2.24) is 0 Å². The Kier molecular flexibility index (Phi) is 13.0. The van der Waals surface area contributed by atoms with Crippen LogP contribution in [0.3, 0.4) is 0 Å². The second-order valence-electron chi connectivity index (χ2n) is 10.6. The number of carbonyl (C=O) groups excluding carboxylic acids is 2. The highest BCUT2D eigenvalue weighted by molar-refractivity contribution is 5.88. The Hall–Kier alpha value is -3.69. The zero-order valence-corrected chi connectivity index (χ0v) is 24.2. The van der Waals surface area contributed by atoms with Crippen LogP contribution in [0, 0.1) is 11.7 Å². The van der Waals surface area contributed by atoms with Gasteiger partial charge in [0.05, 0.1) is 24.4 Å². The first kappa shape index (κ1) is 32.8. The fourth-order valence-corrected chi connectivity index (χ4v) is 5.02. The molecule has 0 aromatic heterocycles. The van der Waals surface area contributed by atoms with E-state index in [1.807, 2.05) is 6.07 Å². The molecule has 2 aromatic rings. The van der Waals surface area contributed by atoms with Gasteiger partial charge in [-0.05, 0) is 66.8 Å². The van der Waals surface area contributed by atoms with E-state index in [4.69, 9.17) is 29.2 Å². The molecule has 1 aliphatic rings. The van der Waals surface area contributed by atoms with Crippen molar-refractivity contribution in [3.05, 3.63) is 72.1 Å². The Morgan fingerprint density at radius 2 is 1.43 bits per heavy atom. The minimum Gasteiger partial charge on any atom is -0.457 e. The van der Waals surface area contributed by atoms with Crippen LogP contribution in [0.5, 0.6) is 11.5 Å². The van der Waals surface area contributed by atoms with Gasteiger partial charge in [-0.3, -0.25) is 0 Å². The Balaban J connectivity index is 1.74. The molecule has 3 rings (SSSR count). The number of rotatable bonds is 16. The Labute approximate surface area is 246 Å². The SMILES string of the molecule is C=C(CO)C(=O)OCOc1cc(OCOC(=O)C(=C)CO)cc(-c2ccc(C3CCC(CCCCC)CC3)cc2F)c1. The second-order valence-corrected chi connectivity index (χ2v) is 10.6. The molecule has 0 aliphatic heterocycles. The van der Waals surface area contributed by atoms with Gasteiger partial charge < -0.3 is 29.2 Å². The molecule has 0 unspecified atom stereocenters. The summed E-state index contributed by atoms with van der Waals surface area (Å²) in [6.07, 6.45) is 9.52. The third kappa shape index (κ3) is 9.70. The lowest BCUT2D eigenvalue weighted by Gasteiger charge is -2.29. The first-order valence-corrected chi connectivity index (χ1v) is 14.4. The quantitative estimate of drug-likeness (QED) is 0.104. The molecule has 0 bridgehead atoms. The summed E-state index contributed by atoms with van der Waals surface area (Å²) in [5, 5.41) is 18.0. The summed E-state index contributed by atoms with van der Waals surface area (Å²) in [7, 11) is 0. The van der Waals surface area contributed by atoms with Gasteiger partial charge in [-0.15, -0.1) is 0 Å². The van der Waals surface area contributed by atoms with Crippen molar-refractivity contribution in [3.8, 4) is 22.6 Å². The highest BCUT2D eigenvalue weighted by Gasteiger charge is 2.23. The van der Waals surface area contributed by atoms with E-state index in [2.05, 4.69) is 20.1 Å². The van der Waals surface area contributed by atoms with Crippen LogP contribution in [0.15, 0.2) is 60.7 Å². The third-order valence-electron chi connectivity index (χ3n) is 7.51. The number of ether oxygens (including phenoxy) is 4. The Morgan fingerprint density at radius 3 is 1.93 bits per heavy atom. The molecular formula is C33H41FO8. The molecule has 9 heteroatoms. The topological polar surface area (TPSA) is 112 Å². The monoisotopic (exact) mass is 584 g/mol. The zero-order chi connectivity index (χ0) is 30.5. The Morgan fingerprint density at radius 1 is 0.857 bits per heavy atom. The lowest BCUT2D eigenvalue weighted by Crippen LogP contribution is -2.14. The second kappa shape index (κ2) is 16.7. The molecule has 42 heavy (non-hydrogen) atoms. The maximum absolute atomic E-state index is 15.5. The number of hydrogen-bond acceptors (Lipinski definition) is 8. The zero-order valence-electron chi connectivity index (χ0n) is 24.2. The van der Waals surface area contributed by atoms with Gasteiger partial charge >= 0.3 is 11.9 Å². The van der Waals surface area contributed by atoms with E-state index in [-0.39, 0.29) is 22.6 Å². The van der Waals surface area contributed by atoms with Crippen molar-refractivity contribution in [3.63, 3.8) is 0 Å². The number of carbonyl (C=O) groups is 2. The molecule has 228 valence electrons. The first-order chi connectivity index (χ1) is 20.2. The van der Waals surface area contributed by atoms with Crippen molar-refractivity contribution in [2.75, 3.05) is 26.8 Å². The molecule has 0 atom stereocenters. The summed E-state index contributed by atoms with van der Waals surface area (Å²) < 4.78 is 36.5. The first-order valence-electron chi connectivity index (χ1n) is 14.4. The molecule has 0 spiro atoms. The van der Waals surface area contributed by atoms with Crippen LogP contribution in [0.4, 0.5) is 4.39 Å². The number of esters is 2. The number of unbranched alkanes of at least 4 members (excludes halogenated alkanes) is 2. The van der Waals surface area contributed by atoms with Gasteiger partial charge in [0.1, 0.15) is 17.3 Å². The van der Waals surface area contributed by atoms with Crippen LogP contribution < -0.4 is 9.47 Å². The minimum atomic E-state index is -0.822. The number of aliphatic hydroxyl groups excluding tert-OH is 2. The number of benzene rings is 2. The predicted molar refractivity (Wildman–Crippen MR) is 156 cm³/mol. The molecule has 2 aromatic carbocycles. The summed E-state index contributed by atoms with van der Waals surface area (Å²) in [5.41, 5.74) is 1.48.